The lowest BCUT2D eigenvalue weighted by Gasteiger charge is -2.13. The van der Waals surface area contributed by atoms with Crippen molar-refractivity contribution in [2.45, 2.75) is 39.5 Å². The van der Waals surface area contributed by atoms with Gasteiger partial charge in [0, 0.05) is 12.2 Å². The average Bonchev–Trinajstić information content (AvgIpc) is 2.72. The van der Waals surface area contributed by atoms with Crippen LogP contribution in [0.4, 0.5) is 5.69 Å². The Balaban J connectivity index is 1.87. The maximum Gasteiger partial charge on any atom is 0.255 e. The van der Waals surface area contributed by atoms with Gasteiger partial charge >= 0.3 is 0 Å². The van der Waals surface area contributed by atoms with Crippen LogP contribution < -0.4 is 14.8 Å². The molecule has 0 radical (unpaired) electrons. The third-order valence-electron chi connectivity index (χ3n) is 4.21. The number of rotatable bonds is 13. The van der Waals surface area contributed by atoms with E-state index in [0.717, 1.165) is 12.2 Å². The number of benzene rings is 2. The fourth-order valence-corrected chi connectivity index (χ4v) is 2.67. The Morgan fingerprint density at radius 2 is 1.64 bits per heavy atom. The van der Waals surface area contributed by atoms with Gasteiger partial charge in [-0.1, -0.05) is 38.3 Å². The Morgan fingerprint density at radius 3 is 2.39 bits per heavy atom. The molecular weight excluding hydrogens is 354 g/mol. The summed E-state index contributed by atoms with van der Waals surface area (Å²) >= 11 is 0. The lowest BCUT2D eigenvalue weighted by molar-refractivity contribution is 0.102. The molecule has 0 bridgehead atoms. The van der Waals surface area contributed by atoms with Gasteiger partial charge in [0.25, 0.3) is 5.91 Å². The standard InChI is InChI=1S/C23H31NO4/c1-3-5-6-9-16-27-20-14-12-19(13-15-20)23(25)24-21-10-7-8-11-22(21)28-18-17-26-4-2/h7-8,10-15H,3-6,9,16-18H2,1-2H3,(H,24,25). The molecule has 0 aliphatic rings. The smallest absolute Gasteiger partial charge is 0.255 e. The van der Waals surface area contributed by atoms with Gasteiger partial charge in [-0.2, -0.15) is 0 Å². The van der Waals surface area contributed by atoms with Crippen molar-refractivity contribution < 1.29 is 19.0 Å². The Hall–Kier alpha value is -2.53. The van der Waals surface area contributed by atoms with Crippen molar-refractivity contribution in [3.05, 3.63) is 54.1 Å². The Morgan fingerprint density at radius 1 is 0.857 bits per heavy atom. The first-order chi connectivity index (χ1) is 13.7. The van der Waals surface area contributed by atoms with Crippen LogP contribution in [0.1, 0.15) is 49.9 Å². The minimum Gasteiger partial charge on any atom is -0.494 e. The summed E-state index contributed by atoms with van der Waals surface area (Å²) in [7, 11) is 0. The summed E-state index contributed by atoms with van der Waals surface area (Å²) < 4.78 is 16.7. The molecule has 0 fully saturated rings. The quantitative estimate of drug-likeness (QED) is 0.475. The van der Waals surface area contributed by atoms with Crippen LogP contribution >= 0.6 is 0 Å². The van der Waals surface area contributed by atoms with E-state index < -0.39 is 0 Å². The SMILES string of the molecule is CCCCCCOc1ccc(C(=O)Nc2ccccc2OCCOCC)cc1. The maximum atomic E-state index is 12.6. The molecule has 28 heavy (non-hydrogen) atoms. The Kier molecular flexibility index (Phi) is 9.94. The summed E-state index contributed by atoms with van der Waals surface area (Å²) in [5, 5.41) is 2.91. The van der Waals surface area contributed by atoms with Crippen molar-refractivity contribution in [2.75, 3.05) is 31.7 Å². The van der Waals surface area contributed by atoms with E-state index in [1.165, 1.54) is 19.3 Å². The number of unbranched alkanes of at least 4 members (excludes halogenated alkanes) is 3. The molecule has 0 aromatic heterocycles. The lowest BCUT2D eigenvalue weighted by Crippen LogP contribution is -2.14. The molecule has 0 atom stereocenters. The normalized spacial score (nSPS) is 10.5. The summed E-state index contributed by atoms with van der Waals surface area (Å²) in [5.74, 6) is 1.23. The second-order valence-electron chi connectivity index (χ2n) is 6.43. The molecule has 2 rings (SSSR count). The zero-order chi connectivity index (χ0) is 20.0. The molecule has 1 N–H and O–H groups in total. The van der Waals surface area contributed by atoms with E-state index in [4.69, 9.17) is 14.2 Å². The van der Waals surface area contributed by atoms with E-state index in [9.17, 15) is 4.79 Å². The van der Waals surface area contributed by atoms with Crippen LogP contribution in [0.3, 0.4) is 0 Å². The number of carbonyl (C=O) groups excluding carboxylic acids is 1. The summed E-state index contributed by atoms with van der Waals surface area (Å²) in [4.78, 5) is 12.6. The van der Waals surface area contributed by atoms with Gasteiger partial charge in [0.15, 0.2) is 0 Å². The van der Waals surface area contributed by atoms with Crippen LogP contribution in [0, 0.1) is 0 Å². The third-order valence-corrected chi connectivity index (χ3v) is 4.21. The van der Waals surface area contributed by atoms with Gasteiger partial charge in [0.1, 0.15) is 18.1 Å². The number of para-hydroxylation sites is 2. The van der Waals surface area contributed by atoms with Gasteiger partial charge in [-0.05, 0) is 49.7 Å². The summed E-state index contributed by atoms with van der Waals surface area (Å²) in [6, 6.07) is 14.6. The molecule has 0 aliphatic heterocycles. The average molecular weight is 386 g/mol. The first-order valence-electron chi connectivity index (χ1n) is 10.1. The Labute approximate surface area is 168 Å². The molecule has 2 aromatic carbocycles. The highest BCUT2D eigenvalue weighted by Gasteiger charge is 2.10. The highest BCUT2D eigenvalue weighted by molar-refractivity contribution is 6.05. The second-order valence-corrected chi connectivity index (χ2v) is 6.43. The lowest BCUT2D eigenvalue weighted by atomic mass is 10.2. The Bertz CT molecular complexity index is 700. The fourth-order valence-electron chi connectivity index (χ4n) is 2.67. The van der Waals surface area contributed by atoms with Gasteiger partial charge in [0.2, 0.25) is 0 Å². The van der Waals surface area contributed by atoms with Gasteiger partial charge in [0.05, 0.1) is 18.9 Å². The number of carbonyl (C=O) groups is 1. The number of hydrogen-bond acceptors (Lipinski definition) is 4. The number of anilines is 1. The number of amides is 1. The molecule has 0 spiro atoms. The molecule has 1 amide bonds. The maximum absolute atomic E-state index is 12.6. The molecule has 0 saturated heterocycles. The molecule has 152 valence electrons. The minimum absolute atomic E-state index is 0.185. The number of ether oxygens (including phenoxy) is 3. The predicted molar refractivity (Wildman–Crippen MR) is 112 cm³/mol. The van der Waals surface area contributed by atoms with Crippen LogP contribution in [-0.2, 0) is 4.74 Å². The van der Waals surface area contributed by atoms with Crippen molar-refractivity contribution in [3.8, 4) is 11.5 Å². The number of hydrogen-bond donors (Lipinski definition) is 1. The number of nitrogens with one attached hydrogen (secondary N) is 1. The van der Waals surface area contributed by atoms with E-state index in [1.807, 2.05) is 43.3 Å². The van der Waals surface area contributed by atoms with Crippen molar-refractivity contribution in [1.82, 2.24) is 0 Å². The van der Waals surface area contributed by atoms with Crippen LogP contribution in [0.5, 0.6) is 11.5 Å². The zero-order valence-corrected chi connectivity index (χ0v) is 16.9. The van der Waals surface area contributed by atoms with Gasteiger partial charge < -0.3 is 19.5 Å². The fraction of sp³-hybridized carbons (Fsp3) is 0.435. The van der Waals surface area contributed by atoms with E-state index in [0.29, 0.717) is 43.4 Å². The topological polar surface area (TPSA) is 56.8 Å². The van der Waals surface area contributed by atoms with Crippen LogP contribution in [0.15, 0.2) is 48.5 Å². The van der Waals surface area contributed by atoms with Crippen molar-refractivity contribution in [2.24, 2.45) is 0 Å². The summed E-state index contributed by atoms with van der Waals surface area (Å²) in [6.07, 6.45) is 4.68. The minimum atomic E-state index is -0.185. The van der Waals surface area contributed by atoms with Crippen LogP contribution in [-0.4, -0.2) is 32.3 Å². The molecule has 2 aromatic rings. The highest BCUT2D eigenvalue weighted by Crippen LogP contribution is 2.24. The molecule has 0 saturated carbocycles. The molecule has 0 aliphatic carbocycles. The molecule has 0 heterocycles. The molecular formula is C23H31NO4. The highest BCUT2D eigenvalue weighted by atomic mass is 16.5. The van der Waals surface area contributed by atoms with Crippen molar-refractivity contribution in [3.63, 3.8) is 0 Å². The molecule has 5 heteroatoms. The first-order valence-corrected chi connectivity index (χ1v) is 10.1. The van der Waals surface area contributed by atoms with E-state index in [1.54, 1.807) is 12.1 Å². The predicted octanol–water partition coefficient (Wildman–Crippen LogP) is 5.31. The first kappa shape index (κ1) is 21.8. The molecule has 0 unspecified atom stereocenters. The van der Waals surface area contributed by atoms with Crippen molar-refractivity contribution in [1.29, 1.82) is 0 Å². The van der Waals surface area contributed by atoms with Crippen LogP contribution in [0.2, 0.25) is 0 Å². The van der Waals surface area contributed by atoms with E-state index in [-0.39, 0.29) is 5.91 Å². The van der Waals surface area contributed by atoms with E-state index in [2.05, 4.69) is 12.2 Å². The van der Waals surface area contributed by atoms with E-state index >= 15 is 0 Å². The zero-order valence-electron chi connectivity index (χ0n) is 16.9. The monoisotopic (exact) mass is 385 g/mol. The summed E-state index contributed by atoms with van der Waals surface area (Å²) in [5.41, 5.74) is 1.21. The van der Waals surface area contributed by atoms with Gasteiger partial charge in [-0.25, -0.2) is 0 Å². The van der Waals surface area contributed by atoms with Crippen molar-refractivity contribution >= 4 is 11.6 Å². The third kappa shape index (κ3) is 7.61. The van der Waals surface area contributed by atoms with Gasteiger partial charge in [-0.15, -0.1) is 0 Å². The largest absolute Gasteiger partial charge is 0.494 e. The summed E-state index contributed by atoms with van der Waals surface area (Å²) in [6.45, 7) is 6.44. The second kappa shape index (κ2) is 12.8. The van der Waals surface area contributed by atoms with Crippen LogP contribution in [0.25, 0.3) is 0 Å². The van der Waals surface area contributed by atoms with Gasteiger partial charge in [-0.3, -0.25) is 4.79 Å². The molecule has 5 nitrogen and oxygen atoms in total.